The third-order valence-electron chi connectivity index (χ3n) is 10.8. The molecule has 6 atom stereocenters. The number of rotatable bonds is 5. The molecule has 2 saturated heterocycles. The molecular weight excluding hydrogens is 685 g/mol. The van der Waals surface area contributed by atoms with Crippen LogP contribution in [0.25, 0.3) is 0 Å². The van der Waals surface area contributed by atoms with E-state index < -0.39 is 64.7 Å². The van der Waals surface area contributed by atoms with Crippen molar-refractivity contribution in [2.75, 3.05) is 19.6 Å². The predicted octanol–water partition coefficient (Wildman–Crippen LogP) is 6.08. The number of likely N-dealkylation sites (tertiary alicyclic amines) is 1. The number of amides is 5. The number of allylic oxidation sites excluding steroid dienone is 2. The SMILES string of the molecule is COC(=O)N1C(=O)[C@H]2[C@H](CC=C3[C@H]2C[C@H]2C(=O)N(Nc4ccc(Cl)cc4Cl)C(=O)[C@@]2(c2ccc(OC)cc2)[C@H]3c2cc(C)c(O)c(C)c2)C1=O. The third kappa shape index (κ3) is 4.74. The Balaban J connectivity index is 1.48. The van der Waals surface area contributed by atoms with Crippen LogP contribution in [0.3, 0.4) is 0 Å². The molecule has 7 rings (SSSR count). The lowest BCUT2D eigenvalue weighted by Crippen LogP contribution is -2.53. The summed E-state index contributed by atoms with van der Waals surface area (Å²) in [5, 5.41) is 12.3. The number of aromatic hydroxyl groups is 1. The fourth-order valence-electron chi connectivity index (χ4n) is 8.65. The van der Waals surface area contributed by atoms with Gasteiger partial charge in [-0.2, -0.15) is 9.91 Å². The second-order valence-electron chi connectivity index (χ2n) is 13.2. The summed E-state index contributed by atoms with van der Waals surface area (Å²) >= 11 is 12.6. The van der Waals surface area contributed by atoms with E-state index in [4.69, 9.17) is 32.7 Å². The molecule has 50 heavy (non-hydrogen) atoms. The summed E-state index contributed by atoms with van der Waals surface area (Å²) in [6.45, 7) is 3.50. The average molecular weight is 719 g/mol. The van der Waals surface area contributed by atoms with Crippen LogP contribution < -0.4 is 10.2 Å². The number of hydrogen-bond donors (Lipinski definition) is 2. The second-order valence-corrected chi connectivity index (χ2v) is 14.0. The Morgan fingerprint density at radius 3 is 2.22 bits per heavy atom. The first-order valence-electron chi connectivity index (χ1n) is 16.1. The number of hydrogen-bond acceptors (Lipinski definition) is 9. The van der Waals surface area contributed by atoms with Crippen LogP contribution in [0.4, 0.5) is 10.5 Å². The van der Waals surface area contributed by atoms with Gasteiger partial charge in [0, 0.05) is 10.9 Å². The zero-order chi connectivity index (χ0) is 35.8. The molecule has 0 unspecified atom stereocenters. The van der Waals surface area contributed by atoms with Crippen molar-refractivity contribution >= 4 is 58.6 Å². The molecule has 2 N–H and O–H groups in total. The van der Waals surface area contributed by atoms with Crippen molar-refractivity contribution < 1.29 is 38.6 Å². The Morgan fingerprint density at radius 2 is 1.60 bits per heavy atom. The molecule has 0 radical (unpaired) electrons. The van der Waals surface area contributed by atoms with Crippen LogP contribution in [0.1, 0.15) is 41.0 Å². The first-order chi connectivity index (χ1) is 23.8. The van der Waals surface area contributed by atoms with Gasteiger partial charge >= 0.3 is 6.09 Å². The van der Waals surface area contributed by atoms with E-state index in [0.29, 0.717) is 43.5 Å². The lowest BCUT2D eigenvalue weighted by Gasteiger charge is -2.50. The molecule has 258 valence electrons. The van der Waals surface area contributed by atoms with Gasteiger partial charge < -0.3 is 14.6 Å². The highest BCUT2D eigenvalue weighted by Crippen LogP contribution is 2.64. The summed E-state index contributed by atoms with van der Waals surface area (Å²) in [6, 6.07) is 15.2. The number of ether oxygens (including phenoxy) is 2. The van der Waals surface area contributed by atoms with Gasteiger partial charge in [0.15, 0.2) is 0 Å². The molecule has 0 spiro atoms. The fraction of sp³-hybridized carbons (Fsp3) is 0.324. The van der Waals surface area contributed by atoms with Crippen LogP contribution in [0.2, 0.25) is 10.0 Å². The summed E-state index contributed by atoms with van der Waals surface area (Å²) in [5.74, 6) is -6.21. The molecule has 0 aromatic heterocycles. The van der Waals surface area contributed by atoms with Crippen molar-refractivity contribution in [1.29, 1.82) is 0 Å². The van der Waals surface area contributed by atoms with E-state index in [1.165, 1.54) is 13.2 Å². The van der Waals surface area contributed by atoms with Crippen molar-refractivity contribution in [2.24, 2.45) is 23.7 Å². The normalized spacial score (nSPS) is 27.1. The molecule has 1 saturated carbocycles. The highest BCUT2D eigenvalue weighted by molar-refractivity contribution is 6.36. The average Bonchev–Trinajstić information content (AvgIpc) is 3.48. The maximum atomic E-state index is 15.3. The second kappa shape index (κ2) is 12.2. The maximum Gasteiger partial charge on any atom is 0.423 e. The van der Waals surface area contributed by atoms with E-state index in [0.717, 1.165) is 12.1 Å². The number of imide groups is 4. The molecule has 4 aliphatic rings. The van der Waals surface area contributed by atoms with Crippen LogP contribution in [0.15, 0.2) is 66.2 Å². The minimum absolute atomic E-state index is 0.0245. The molecule has 2 aliphatic heterocycles. The zero-order valence-electron chi connectivity index (χ0n) is 27.5. The number of anilines is 1. The molecule has 2 aliphatic carbocycles. The number of carbonyl (C=O) groups excluding carboxylic acids is 5. The number of hydrazine groups is 1. The van der Waals surface area contributed by atoms with Gasteiger partial charge in [0.2, 0.25) is 11.8 Å². The first-order valence-corrected chi connectivity index (χ1v) is 16.8. The van der Waals surface area contributed by atoms with E-state index in [1.807, 2.05) is 6.08 Å². The summed E-state index contributed by atoms with van der Waals surface area (Å²) in [4.78, 5) is 70.7. The third-order valence-corrected chi connectivity index (χ3v) is 11.3. The summed E-state index contributed by atoms with van der Waals surface area (Å²) < 4.78 is 10.2. The van der Waals surface area contributed by atoms with E-state index >= 15 is 4.79 Å². The highest BCUT2D eigenvalue weighted by Gasteiger charge is 2.70. The monoisotopic (exact) mass is 717 g/mol. The maximum absolute atomic E-state index is 15.3. The zero-order valence-corrected chi connectivity index (χ0v) is 29.0. The van der Waals surface area contributed by atoms with Gasteiger partial charge in [0.25, 0.3) is 11.8 Å². The van der Waals surface area contributed by atoms with Crippen LogP contribution in [0.5, 0.6) is 11.5 Å². The number of phenols is 1. The van der Waals surface area contributed by atoms with Crippen molar-refractivity contribution in [1.82, 2.24) is 9.91 Å². The molecule has 0 bridgehead atoms. The van der Waals surface area contributed by atoms with E-state index in [1.54, 1.807) is 62.4 Å². The first kappa shape index (κ1) is 33.6. The summed E-state index contributed by atoms with van der Waals surface area (Å²) in [6.07, 6.45) is 0.972. The molecular formula is C37H33Cl2N3O8. The molecule has 3 fully saturated rings. The standard InChI is InChI=1S/C37H33Cl2N3O8/c1-17-13-19(14-18(2)31(17)43)30-23-10-11-24-29(34(46)41(32(24)44)36(48)50-4)25(23)16-26-33(45)42(40-28-12-7-21(38)15-27(28)39)35(47)37(26,30)20-5-8-22(49-3)9-6-20/h5-10,12-15,24-26,29-30,40,43H,11,16H2,1-4H3/t24-,25+,26-,29-,30-,37+/m0/s1. The number of phenolic OH excluding ortho intramolecular Hbond substituents is 1. The minimum atomic E-state index is -1.56. The van der Waals surface area contributed by atoms with Crippen molar-refractivity contribution in [3.05, 3.63) is 98.5 Å². The number of fused-ring (bicyclic) bond motifs is 4. The number of benzene rings is 3. The van der Waals surface area contributed by atoms with Crippen molar-refractivity contribution in [2.45, 2.75) is 38.0 Å². The Morgan fingerprint density at radius 1 is 0.920 bits per heavy atom. The molecule has 11 nitrogen and oxygen atoms in total. The lowest BCUT2D eigenvalue weighted by molar-refractivity contribution is -0.140. The van der Waals surface area contributed by atoms with Crippen LogP contribution >= 0.6 is 23.2 Å². The van der Waals surface area contributed by atoms with Crippen LogP contribution in [-0.4, -0.2) is 59.0 Å². The van der Waals surface area contributed by atoms with E-state index in [9.17, 15) is 24.3 Å². The Labute approximate surface area is 297 Å². The summed E-state index contributed by atoms with van der Waals surface area (Å²) in [7, 11) is 2.62. The topological polar surface area (TPSA) is 143 Å². The molecule has 3 aromatic carbocycles. The van der Waals surface area contributed by atoms with Crippen LogP contribution in [-0.2, 0) is 29.3 Å². The van der Waals surface area contributed by atoms with Crippen molar-refractivity contribution in [3.63, 3.8) is 0 Å². The predicted molar refractivity (Wildman–Crippen MR) is 182 cm³/mol. The lowest BCUT2D eigenvalue weighted by atomic mass is 9.49. The number of methoxy groups -OCH3 is 2. The van der Waals surface area contributed by atoms with E-state index in [-0.39, 0.29) is 29.3 Å². The largest absolute Gasteiger partial charge is 0.507 e. The van der Waals surface area contributed by atoms with Gasteiger partial charge in [0.1, 0.15) is 11.5 Å². The number of halogens is 2. The minimum Gasteiger partial charge on any atom is -0.507 e. The van der Waals surface area contributed by atoms with Gasteiger partial charge in [-0.25, -0.2) is 4.79 Å². The van der Waals surface area contributed by atoms with Gasteiger partial charge in [-0.05, 0) is 85.2 Å². The van der Waals surface area contributed by atoms with Crippen LogP contribution in [0, 0.1) is 37.5 Å². The molecule has 2 heterocycles. The van der Waals surface area contributed by atoms with E-state index in [2.05, 4.69) is 5.43 Å². The number of nitrogens with zero attached hydrogens (tertiary/aromatic N) is 2. The Bertz CT molecular complexity index is 2010. The number of nitrogens with one attached hydrogen (secondary N) is 1. The number of carbonyl (C=O) groups is 5. The molecule has 3 aromatic rings. The van der Waals surface area contributed by atoms with Gasteiger partial charge in [-0.3, -0.25) is 24.6 Å². The van der Waals surface area contributed by atoms with Gasteiger partial charge in [0.05, 0.1) is 48.1 Å². The quantitative estimate of drug-likeness (QED) is 0.237. The fourth-order valence-corrected chi connectivity index (χ4v) is 9.10. The molecule has 13 heteroatoms. The Hall–Kier alpha value is -4.87. The van der Waals surface area contributed by atoms with Crippen molar-refractivity contribution in [3.8, 4) is 11.5 Å². The van der Waals surface area contributed by atoms with Gasteiger partial charge in [-0.15, -0.1) is 0 Å². The highest BCUT2D eigenvalue weighted by atomic mass is 35.5. The summed E-state index contributed by atoms with van der Waals surface area (Å²) in [5.41, 5.74) is 4.66. The molecule has 5 amide bonds. The smallest absolute Gasteiger partial charge is 0.423 e. The Kier molecular flexibility index (Phi) is 8.18. The number of aryl methyl sites for hydroxylation is 2. The van der Waals surface area contributed by atoms with Gasteiger partial charge in [-0.1, -0.05) is 59.1 Å².